The molecule has 0 saturated carbocycles. The Balaban J connectivity index is 3.26. The molecule has 0 aromatic carbocycles. The number of halogens is 3. The fourth-order valence-corrected chi connectivity index (χ4v) is 1.87. The summed E-state index contributed by atoms with van der Waals surface area (Å²) in [4.78, 5) is 13.9. The molecule has 1 rings (SSSR count). The van der Waals surface area contributed by atoms with Crippen LogP contribution in [0.25, 0.3) is 0 Å². The van der Waals surface area contributed by atoms with Crippen LogP contribution in [0.5, 0.6) is 0 Å². The van der Waals surface area contributed by atoms with Gasteiger partial charge in [-0.2, -0.15) is 0 Å². The van der Waals surface area contributed by atoms with E-state index in [1.165, 1.54) is 6.07 Å². The summed E-state index contributed by atoms with van der Waals surface area (Å²) in [6.07, 6.45) is -3.30. The third-order valence-electron chi connectivity index (χ3n) is 1.66. The Kier molecular flexibility index (Phi) is 3.77. The second-order valence-electron chi connectivity index (χ2n) is 2.76. The molecule has 3 N–H and O–H groups in total. The smallest absolute Gasteiger partial charge is 0.307 e. The lowest BCUT2D eigenvalue weighted by atomic mass is 10.1. The maximum absolute atomic E-state index is 12.5. The predicted molar refractivity (Wildman–Crippen MR) is 57.7 cm³/mol. The van der Waals surface area contributed by atoms with Gasteiger partial charge >= 0.3 is 5.97 Å². The predicted octanol–water partition coefficient (Wildman–Crippen LogP) is 1.83. The molecule has 7 heteroatoms. The molecule has 15 heavy (non-hydrogen) atoms. The maximum Gasteiger partial charge on any atom is 0.307 e. The van der Waals surface area contributed by atoms with Crippen LogP contribution in [0.1, 0.15) is 17.7 Å². The molecular formula is C8H7F2IN2O2. The third-order valence-corrected chi connectivity index (χ3v) is 2.62. The quantitative estimate of drug-likeness (QED) is 0.830. The summed E-state index contributed by atoms with van der Waals surface area (Å²) >= 11 is 1.76. The minimum atomic E-state index is -2.82. The van der Waals surface area contributed by atoms with Gasteiger partial charge in [0.25, 0.3) is 6.43 Å². The molecule has 0 aliphatic rings. The highest BCUT2D eigenvalue weighted by Crippen LogP contribution is 2.26. The first-order valence-electron chi connectivity index (χ1n) is 3.86. The van der Waals surface area contributed by atoms with Crippen LogP contribution >= 0.6 is 22.6 Å². The normalized spacial score (nSPS) is 10.7. The molecule has 0 atom stereocenters. The third kappa shape index (κ3) is 2.98. The Morgan fingerprint density at radius 3 is 2.73 bits per heavy atom. The number of carboxylic acid groups (broad SMARTS) is 1. The van der Waals surface area contributed by atoms with E-state index in [9.17, 15) is 13.6 Å². The Labute approximate surface area is 97.6 Å². The van der Waals surface area contributed by atoms with E-state index in [2.05, 4.69) is 4.98 Å². The number of hydrogen-bond donors (Lipinski definition) is 2. The number of carboxylic acids is 1. The van der Waals surface area contributed by atoms with Crippen molar-refractivity contribution in [3.63, 3.8) is 0 Å². The summed E-state index contributed by atoms with van der Waals surface area (Å²) in [6, 6.07) is 1.37. The zero-order valence-corrected chi connectivity index (χ0v) is 9.53. The zero-order chi connectivity index (χ0) is 11.6. The van der Waals surface area contributed by atoms with Gasteiger partial charge in [-0.25, -0.2) is 13.8 Å². The number of carbonyl (C=O) groups is 1. The van der Waals surface area contributed by atoms with E-state index in [0.717, 1.165) is 0 Å². The molecule has 4 nitrogen and oxygen atoms in total. The number of pyridine rings is 1. The molecule has 0 bridgehead atoms. The van der Waals surface area contributed by atoms with Crippen molar-refractivity contribution in [2.24, 2.45) is 0 Å². The van der Waals surface area contributed by atoms with Gasteiger partial charge in [-0.15, -0.1) is 0 Å². The van der Waals surface area contributed by atoms with Crippen LogP contribution in [0.3, 0.4) is 0 Å². The van der Waals surface area contributed by atoms with Crippen LogP contribution in [-0.2, 0) is 11.2 Å². The minimum absolute atomic E-state index is 0.0206. The first-order valence-corrected chi connectivity index (χ1v) is 4.94. The lowest BCUT2D eigenvalue weighted by molar-refractivity contribution is -0.136. The van der Waals surface area contributed by atoms with Crippen molar-refractivity contribution in [3.05, 3.63) is 20.9 Å². The molecule has 0 saturated heterocycles. The number of aromatic nitrogens is 1. The van der Waals surface area contributed by atoms with Crippen LogP contribution in [0.4, 0.5) is 14.6 Å². The fraction of sp³-hybridized carbons (Fsp3) is 0.250. The maximum atomic E-state index is 12.5. The summed E-state index contributed by atoms with van der Waals surface area (Å²) in [7, 11) is 0. The van der Waals surface area contributed by atoms with Gasteiger partial charge in [0.2, 0.25) is 0 Å². The van der Waals surface area contributed by atoms with E-state index in [0.29, 0.717) is 3.57 Å². The lowest BCUT2D eigenvalue weighted by Crippen LogP contribution is -2.09. The molecule has 0 spiro atoms. The van der Waals surface area contributed by atoms with E-state index < -0.39 is 24.5 Å². The topological polar surface area (TPSA) is 76.2 Å². The van der Waals surface area contributed by atoms with Gasteiger partial charge in [0.1, 0.15) is 11.5 Å². The van der Waals surface area contributed by atoms with E-state index in [4.69, 9.17) is 10.8 Å². The molecule has 0 unspecified atom stereocenters. The Bertz CT molecular complexity index is 398. The number of nitrogens with zero attached hydrogens (tertiary/aromatic N) is 1. The van der Waals surface area contributed by atoms with Crippen molar-refractivity contribution in [2.45, 2.75) is 12.8 Å². The second-order valence-corrected chi connectivity index (χ2v) is 3.93. The number of alkyl halides is 2. The number of hydrogen-bond acceptors (Lipinski definition) is 3. The van der Waals surface area contributed by atoms with E-state index >= 15 is 0 Å². The largest absolute Gasteiger partial charge is 0.481 e. The molecule has 0 radical (unpaired) electrons. The fourth-order valence-electron chi connectivity index (χ4n) is 1.08. The van der Waals surface area contributed by atoms with Crippen molar-refractivity contribution in [3.8, 4) is 0 Å². The van der Waals surface area contributed by atoms with Gasteiger partial charge in [-0.05, 0) is 28.7 Å². The van der Waals surface area contributed by atoms with Crippen molar-refractivity contribution in [2.75, 3.05) is 5.73 Å². The zero-order valence-electron chi connectivity index (χ0n) is 7.38. The highest BCUT2D eigenvalue weighted by Gasteiger charge is 2.20. The molecule has 1 aromatic heterocycles. The monoisotopic (exact) mass is 328 g/mol. The Hall–Kier alpha value is -0.990. The molecule has 0 amide bonds. The van der Waals surface area contributed by atoms with Gasteiger partial charge < -0.3 is 10.8 Å². The van der Waals surface area contributed by atoms with Gasteiger partial charge in [0.05, 0.1) is 6.42 Å². The molecule has 82 valence electrons. The number of anilines is 1. The average molecular weight is 328 g/mol. The number of aliphatic carboxylic acids is 1. The molecule has 1 heterocycles. The number of nitrogens with two attached hydrogens (primary N) is 1. The second kappa shape index (κ2) is 4.69. The van der Waals surface area contributed by atoms with Gasteiger partial charge in [-0.1, -0.05) is 0 Å². The van der Waals surface area contributed by atoms with Crippen molar-refractivity contribution >= 4 is 34.4 Å². The molecular weight excluding hydrogens is 321 g/mol. The Morgan fingerprint density at radius 1 is 1.67 bits per heavy atom. The summed E-state index contributed by atoms with van der Waals surface area (Å²) in [5.74, 6) is -1.22. The highest BCUT2D eigenvalue weighted by molar-refractivity contribution is 14.1. The van der Waals surface area contributed by atoms with E-state index in [1.807, 2.05) is 0 Å². The minimum Gasteiger partial charge on any atom is -0.481 e. The molecule has 1 aromatic rings. The average Bonchev–Trinajstić information content (AvgIpc) is 2.08. The first kappa shape index (κ1) is 12.1. The van der Waals surface area contributed by atoms with Crippen molar-refractivity contribution in [1.29, 1.82) is 0 Å². The van der Waals surface area contributed by atoms with Gasteiger partial charge in [0, 0.05) is 9.13 Å². The van der Waals surface area contributed by atoms with Crippen LogP contribution in [0, 0.1) is 3.57 Å². The van der Waals surface area contributed by atoms with E-state index in [-0.39, 0.29) is 11.4 Å². The highest BCUT2D eigenvalue weighted by atomic mass is 127. The van der Waals surface area contributed by atoms with E-state index in [1.54, 1.807) is 22.6 Å². The first-order chi connectivity index (χ1) is 6.91. The van der Waals surface area contributed by atoms with Crippen LogP contribution in [0.15, 0.2) is 6.07 Å². The molecule has 0 aliphatic heterocycles. The number of nitrogen functional groups attached to an aromatic ring is 1. The number of rotatable bonds is 3. The van der Waals surface area contributed by atoms with Crippen molar-refractivity contribution < 1.29 is 18.7 Å². The van der Waals surface area contributed by atoms with Crippen LogP contribution in [0.2, 0.25) is 0 Å². The standard InChI is InChI=1S/C8H7F2IN2O2/c9-8(10)7-3(1-6(14)15)4(11)2-5(12)13-7/h2,8H,1H2,(H2,12,13)(H,14,15). The Morgan fingerprint density at radius 2 is 2.27 bits per heavy atom. The molecule has 0 fully saturated rings. The van der Waals surface area contributed by atoms with Gasteiger partial charge in [-0.3, -0.25) is 4.79 Å². The lowest BCUT2D eigenvalue weighted by Gasteiger charge is -2.09. The van der Waals surface area contributed by atoms with Crippen molar-refractivity contribution in [1.82, 2.24) is 4.98 Å². The van der Waals surface area contributed by atoms with Gasteiger partial charge in [0.15, 0.2) is 0 Å². The molecule has 0 aliphatic carbocycles. The summed E-state index contributed by atoms with van der Waals surface area (Å²) < 4.78 is 25.4. The van der Waals surface area contributed by atoms with Crippen LogP contribution < -0.4 is 5.73 Å². The summed E-state index contributed by atoms with van der Waals surface area (Å²) in [5, 5.41) is 8.56. The summed E-state index contributed by atoms with van der Waals surface area (Å²) in [6.45, 7) is 0. The SMILES string of the molecule is Nc1cc(I)c(CC(=O)O)c(C(F)F)n1. The summed E-state index contributed by atoms with van der Waals surface area (Å²) in [5.41, 5.74) is 4.77. The van der Waals surface area contributed by atoms with Crippen LogP contribution in [-0.4, -0.2) is 16.1 Å².